The van der Waals surface area contributed by atoms with Crippen LogP contribution in [0.25, 0.3) is 17.3 Å². The van der Waals surface area contributed by atoms with Crippen LogP contribution in [0.2, 0.25) is 0 Å². The largest absolute Gasteiger partial charge is 0.461 e. The number of nitrogens with one attached hydrogen (secondary N) is 1. The summed E-state index contributed by atoms with van der Waals surface area (Å²) in [5.74, 6) is 1.83. The smallest absolute Gasteiger partial charge is 0.251 e. The lowest BCUT2D eigenvalue weighted by Crippen LogP contribution is -2.26. The molecule has 1 N–H and O–H groups in total. The summed E-state index contributed by atoms with van der Waals surface area (Å²) in [6.45, 7) is 3.01. The van der Waals surface area contributed by atoms with E-state index in [2.05, 4.69) is 34.6 Å². The van der Waals surface area contributed by atoms with Crippen molar-refractivity contribution in [3.8, 4) is 17.3 Å². The molecular weight excluding hydrogens is 424 g/mol. The molecular formula is C24H24N4O3S. The number of carbonyl (C=O) groups excluding carboxylic acids is 1. The highest BCUT2D eigenvalue weighted by Gasteiger charge is 2.18. The number of amides is 1. The molecule has 0 saturated carbocycles. The third kappa shape index (κ3) is 5.09. The monoisotopic (exact) mass is 448 g/mol. The summed E-state index contributed by atoms with van der Waals surface area (Å²) in [5, 5.41) is 12.4. The van der Waals surface area contributed by atoms with Crippen LogP contribution in [0.4, 0.5) is 0 Å². The van der Waals surface area contributed by atoms with Gasteiger partial charge in [0.25, 0.3) is 5.91 Å². The van der Waals surface area contributed by atoms with Crippen molar-refractivity contribution in [1.82, 2.24) is 20.1 Å². The van der Waals surface area contributed by atoms with Crippen molar-refractivity contribution in [1.29, 1.82) is 0 Å². The molecule has 7 nitrogen and oxygen atoms in total. The first kappa shape index (κ1) is 21.9. The molecule has 8 heteroatoms. The zero-order valence-corrected chi connectivity index (χ0v) is 18.8. The number of hydrogen-bond donors (Lipinski definition) is 1. The van der Waals surface area contributed by atoms with Gasteiger partial charge in [-0.3, -0.25) is 9.36 Å². The minimum atomic E-state index is -0.114. The second kappa shape index (κ2) is 10.3. The van der Waals surface area contributed by atoms with Crippen LogP contribution in [-0.4, -0.2) is 40.9 Å². The van der Waals surface area contributed by atoms with Gasteiger partial charge in [-0.1, -0.05) is 36.0 Å². The lowest BCUT2D eigenvalue weighted by Gasteiger charge is -2.10. The average Bonchev–Trinajstić information content (AvgIpc) is 3.48. The Hall–Kier alpha value is -3.36. The summed E-state index contributed by atoms with van der Waals surface area (Å²) in [4.78, 5) is 12.3. The maximum atomic E-state index is 12.3. The Morgan fingerprint density at radius 1 is 1.12 bits per heavy atom. The molecule has 2 aromatic carbocycles. The van der Waals surface area contributed by atoms with Gasteiger partial charge in [0.15, 0.2) is 10.9 Å². The highest BCUT2D eigenvalue weighted by Crippen LogP contribution is 2.30. The molecule has 1 amide bonds. The zero-order valence-electron chi connectivity index (χ0n) is 17.9. The van der Waals surface area contributed by atoms with E-state index in [0.717, 1.165) is 22.0 Å². The van der Waals surface area contributed by atoms with E-state index < -0.39 is 0 Å². The highest BCUT2D eigenvalue weighted by atomic mass is 32.2. The van der Waals surface area contributed by atoms with Crippen molar-refractivity contribution < 1.29 is 13.9 Å². The molecule has 0 aliphatic heterocycles. The van der Waals surface area contributed by atoms with Crippen molar-refractivity contribution in [3.05, 3.63) is 83.6 Å². The second-order valence-electron chi connectivity index (χ2n) is 7.20. The van der Waals surface area contributed by atoms with E-state index in [4.69, 9.17) is 9.15 Å². The zero-order chi connectivity index (χ0) is 22.3. The van der Waals surface area contributed by atoms with Gasteiger partial charge >= 0.3 is 0 Å². The highest BCUT2D eigenvalue weighted by molar-refractivity contribution is 7.98. The lowest BCUT2D eigenvalue weighted by atomic mass is 10.1. The Kier molecular flexibility index (Phi) is 7.03. The first-order valence-electron chi connectivity index (χ1n) is 10.2. The number of methoxy groups -OCH3 is 1. The van der Waals surface area contributed by atoms with Gasteiger partial charge in [0, 0.05) is 25.0 Å². The van der Waals surface area contributed by atoms with Gasteiger partial charge in [-0.25, -0.2) is 0 Å². The van der Waals surface area contributed by atoms with Crippen LogP contribution >= 0.6 is 11.8 Å². The number of thioether (sulfide) groups is 1. The number of aromatic nitrogens is 3. The maximum absolute atomic E-state index is 12.3. The Labute approximate surface area is 190 Å². The Bertz CT molecular complexity index is 1190. The molecule has 0 aliphatic rings. The summed E-state index contributed by atoms with van der Waals surface area (Å²) >= 11 is 1.56. The quantitative estimate of drug-likeness (QED) is 0.300. The van der Waals surface area contributed by atoms with Crippen LogP contribution in [-0.2, 0) is 10.5 Å². The lowest BCUT2D eigenvalue weighted by molar-refractivity contribution is 0.0937. The summed E-state index contributed by atoms with van der Waals surface area (Å²) in [5.41, 5.74) is 3.75. The molecule has 0 aliphatic carbocycles. The number of benzene rings is 2. The number of hydrogen-bond acceptors (Lipinski definition) is 6. The fourth-order valence-electron chi connectivity index (χ4n) is 3.25. The average molecular weight is 449 g/mol. The van der Waals surface area contributed by atoms with Crippen LogP contribution in [0, 0.1) is 6.92 Å². The molecule has 164 valence electrons. The number of furan rings is 1. The van der Waals surface area contributed by atoms with Crippen LogP contribution in [0.15, 0.2) is 76.5 Å². The van der Waals surface area contributed by atoms with Crippen molar-refractivity contribution in [2.24, 2.45) is 0 Å². The topological polar surface area (TPSA) is 82.2 Å². The molecule has 0 bridgehead atoms. The van der Waals surface area contributed by atoms with Gasteiger partial charge in [0.05, 0.1) is 18.6 Å². The van der Waals surface area contributed by atoms with Crippen LogP contribution in [0.1, 0.15) is 21.5 Å². The number of carbonyl (C=O) groups is 1. The fraction of sp³-hybridized carbons (Fsp3) is 0.208. The van der Waals surface area contributed by atoms with Gasteiger partial charge in [-0.15, -0.1) is 10.2 Å². The third-order valence-electron chi connectivity index (χ3n) is 4.78. The van der Waals surface area contributed by atoms with Gasteiger partial charge in [-0.2, -0.15) is 0 Å². The fourth-order valence-corrected chi connectivity index (χ4v) is 4.14. The maximum Gasteiger partial charge on any atom is 0.251 e. The Balaban J connectivity index is 1.57. The Morgan fingerprint density at radius 3 is 2.78 bits per heavy atom. The number of nitrogens with zero attached hydrogens (tertiary/aromatic N) is 3. The molecule has 0 unspecified atom stereocenters. The molecule has 4 rings (SSSR count). The van der Waals surface area contributed by atoms with E-state index in [1.807, 2.05) is 47.0 Å². The van der Waals surface area contributed by atoms with E-state index in [1.165, 1.54) is 0 Å². The number of aryl methyl sites for hydroxylation is 1. The molecule has 0 radical (unpaired) electrons. The number of rotatable bonds is 9. The predicted octanol–water partition coefficient (Wildman–Crippen LogP) is 4.50. The predicted molar refractivity (Wildman–Crippen MR) is 124 cm³/mol. The first-order valence-corrected chi connectivity index (χ1v) is 11.2. The van der Waals surface area contributed by atoms with Gasteiger partial charge in [0.1, 0.15) is 0 Å². The molecule has 32 heavy (non-hydrogen) atoms. The minimum Gasteiger partial charge on any atom is -0.461 e. The summed E-state index contributed by atoms with van der Waals surface area (Å²) < 4.78 is 12.6. The molecule has 4 aromatic rings. The minimum absolute atomic E-state index is 0.114. The van der Waals surface area contributed by atoms with Crippen molar-refractivity contribution in [3.63, 3.8) is 0 Å². The van der Waals surface area contributed by atoms with E-state index in [9.17, 15) is 4.79 Å². The van der Waals surface area contributed by atoms with Gasteiger partial charge < -0.3 is 14.5 Å². The van der Waals surface area contributed by atoms with E-state index in [1.54, 1.807) is 31.2 Å². The summed E-state index contributed by atoms with van der Waals surface area (Å²) in [7, 11) is 1.61. The van der Waals surface area contributed by atoms with Gasteiger partial charge in [-0.05, 0) is 54.4 Å². The second-order valence-corrected chi connectivity index (χ2v) is 8.14. The molecule has 2 heterocycles. The SMILES string of the molecule is COCCNC(=O)c1cccc(CSc2nnc(-c3ccco3)n2-c2cccc(C)c2)c1. The van der Waals surface area contributed by atoms with E-state index in [-0.39, 0.29) is 5.91 Å². The van der Waals surface area contributed by atoms with Crippen LogP contribution < -0.4 is 5.32 Å². The number of ether oxygens (including phenoxy) is 1. The molecule has 2 aromatic heterocycles. The summed E-state index contributed by atoms with van der Waals surface area (Å²) in [6.07, 6.45) is 1.63. The molecule has 0 saturated heterocycles. The summed E-state index contributed by atoms with van der Waals surface area (Å²) in [6, 6.07) is 19.5. The molecule has 0 atom stereocenters. The van der Waals surface area contributed by atoms with E-state index >= 15 is 0 Å². The normalized spacial score (nSPS) is 10.9. The van der Waals surface area contributed by atoms with Crippen molar-refractivity contribution >= 4 is 17.7 Å². The van der Waals surface area contributed by atoms with Crippen molar-refractivity contribution in [2.75, 3.05) is 20.3 Å². The molecule has 0 fully saturated rings. The van der Waals surface area contributed by atoms with E-state index in [0.29, 0.717) is 36.1 Å². The standard InChI is InChI=1S/C24H24N4O3S/c1-17-6-3-9-20(14-17)28-22(21-10-5-12-31-21)26-27-24(28)32-16-18-7-4-8-19(15-18)23(29)25-11-13-30-2/h3-10,12,14-15H,11,13,16H2,1-2H3,(H,25,29). The first-order chi connectivity index (χ1) is 15.7. The molecule has 0 spiro atoms. The van der Waals surface area contributed by atoms with Gasteiger partial charge in [0.2, 0.25) is 5.82 Å². The third-order valence-corrected chi connectivity index (χ3v) is 5.78. The van der Waals surface area contributed by atoms with Crippen LogP contribution in [0.5, 0.6) is 0 Å². The Morgan fingerprint density at radius 2 is 2.00 bits per heavy atom. The van der Waals surface area contributed by atoms with Crippen LogP contribution in [0.3, 0.4) is 0 Å². The van der Waals surface area contributed by atoms with Crippen molar-refractivity contribution in [2.45, 2.75) is 17.8 Å².